The minimum atomic E-state index is -1.63. The number of pyridine rings is 1. The summed E-state index contributed by atoms with van der Waals surface area (Å²) in [5.74, 6) is -5.81. The van der Waals surface area contributed by atoms with Crippen molar-refractivity contribution in [2.45, 2.75) is 12.5 Å². The third kappa shape index (κ3) is 4.72. The average Bonchev–Trinajstić information content (AvgIpc) is 2.84. The SMILES string of the molecule is [C-]#[N+]c1ccc(-c2c(F)cc(C[C@H](NC(=O)c3c(F)cccc3F)C(=O)O)c3cccnc23)c(Cl)c1. The second-order valence-corrected chi connectivity index (χ2v) is 8.14. The summed E-state index contributed by atoms with van der Waals surface area (Å²) < 4.78 is 43.4. The van der Waals surface area contributed by atoms with E-state index in [1.807, 2.05) is 0 Å². The molecule has 1 heterocycles. The number of halogens is 4. The zero-order valence-electron chi connectivity index (χ0n) is 18.2. The number of hydrogen-bond donors (Lipinski definition) is 2. The van der Waals surface area contributed by atoms with Crippen molar-refractivity contribution < 1.29 is 27.9 Å². The minimum absolute atomic E-state index is 0.0558. The molecule has 0 saturated carbocycles. The van der Waals surface area contributed by atoms with Crippen molar-refractivity contribution in [2.24, 2.45) is 0 Å². The van der Waals surface area contributed by atoms with E-state index in [1.165, 1.54) is 24.4 Å². The van der Waals surface area contributed by atoms with Gasteiger partial charge in [0.2, 0.25) is 0 Å². The van der Waals surface area contributed by atoms with Crippen LogP contribution in [0.2, 0.25) is 5.02 Å². The summed E-state index contributed by atoms with van der Waals surface area (Å²) >= 11 is 6.30. The van der Waals surface area contributed by atoms with Gasteiger partial charge in [-0.05, 0) is 35.9 Å². The first-order chi connectivity index (χ1) is 17.2. The summed E-state index contributed by atoms with van der Waals surface area (Å²) in [5.41, 5.74) is 0.0596. The Kier molecular flexibility index (Phi) is 6.90. The van der Waals surface area contributed by atoms with Gasteiger partial charge >= 0.3 is 5.97 Å². The Bertz CT molecular complexity index is 1550. The number of aromatic nitrogens is 1. The normalized spacial score (nSPS) is 11.6. The Morgan fingerprint density at radius 1 is 1.06 bits per heavy atom. The average molecular weight is 510 g/mol. The van der Waals surface area contributed by atoms with Gasteiger partial charge in [0, 0.05) is 34.2 Å². The number of amides is 1. The molecule has 0 unspecified atom stereocenters. The van der Waals surface area contributed by atoms with Crippen molar-refractivity contribution in [3.8, 4) is 11.1 Å². The number of nitrogens with zero attached hydrogens (tertiary/aromatic N) is 2. The predicted molar refractivity (Wildman–Crippen MR) is 127 cm³/mol. The number of carbonyl (C=O) groups excluding carboxylic acids is 1. The zero-order valence-corrected chi connectivity index (χ0v) is 19.0. The first kappa shape index (κ1) is 24.7. The molecule has 180 valence electrons. The Hall–Kier alpha value is -4.42. The van der Waals surface area contributed by atoms with E-state index in [0.29, 0.717) is 5.39 Å². The number of rotatable bonds is 6. The van der Waals surface area contributed by atoms with E-state index >= 15 is 4.39 Å². The minimum Gasteiger partial charge on any atom is -0.480 e. The van der Waals surface area contributed by atoms with Crippen LogP contribution in [0.5, 0.6) is 0 Å². The number of carboxylic acid groups (broad SMARTS) is 1. The lowest BCUT2D eigenvalue weighted by molar-refractivity contribution is -0.139. The summed E-state index contributed by atoms with van der Waals surface area (Å²) in [6, 6.07) is 9.81. The molecule has 1 amide bonds. The molecule has 1 aromatic heterocycles. The monoisotopic (exact) mass is 509 g/mol. The highest BCUT2D eigenvalue weighted by Crippen LogP contribution is 2.38. The molecule has 1 atom stereocenters. The van der Waals surface area contributed by atoms with Gasteiger partial charge in [-0.2, -0.15) is 0 Å². The second kappa shape index (κ2) is 10.1. The van der Waals surface area contributed by atoms with E-state index in [-0.39, 0.29) is 32.9 Å². The lowest BCUT2D eigenvalue weighted by Crippen LogP contribution is -2.43. The van der Waals surface area contributed by atoms with Crippen LogP contribution in [0, 0.1) is 24.0 Å². The number of nitrogens with one attached hydrogen (secondary N) is 1. The fourth-order valence-electron chi connectivity index (χ4n) is 3.85. The van der Waals surface area contributed by atoms with Gasteiger partial charge in [0.15, 0.2) is 5.69 Å². The Morgan fingerprint density at radius 3 is 2.42 bits per heavy atom. The molecule has 4 rings (SSSR count). The molecule has 0 saturated heterocycles. The van der Waals surface area contributed by atoms with Gasteiger partial charge in [-0.1, -0.05) is 35.9 Å². The first-order valence-electron chi connectivity index (χ1n) is 10.4. The van der Waals surface area contributed by atoms with E-state index in [9.17, 15) is 23.5 Å². The van der Waals surface area contributed by atoms with Crippen LogP contribution in [0.4, 0.5) is 18.9 Å². The van der Waals surface area contributed by atoms with Gasteiger partial charge in [-0.3, -0.25) is 9.78 Å². The molecule has 6 nitrogen and oxygen atoms in total. The maximum atomic E-state index is 15.4. The summed E-state index contributed by atoms with van der Waals surface area (Å²) in [6.07, 6.45) is 1.02. The topological polar surface area (TPSA) is 83.7 Å². The lowest BCUT2D eigenvalue weighted by Gasteiger charge is -2.18. The van der Waals surface area contributed by atoms with Crippen LogP contribution in [-0.2, 0) is 11.2 Å². The van der Waals surface area contributed by atoms with E-state index in [4.69, 9.17) is 18.2 Å². The highest BCUT2D eigenvalue weighted by molar-refractivity contribution is 6.34. The van der Waals surface area contributed by atoms with E-state index in [1.54, 1.807) is 12.1 Å². The second-order valence-electron chi connectivity index (χ2n) is 7.73. The third-order valence-electron chi connectivity index (χ3n) is 5.50. The maximum Gasteiger partial charge on any atom is 0.326 e. The van der Waals surface area contributed by atoms with Crippen molar-refractivity contribution >= 4 is 40.1 Å². The lowest BCUT2D eigenvalue weighted by atomic mass is 9.94. The van der Waals surface area contributed by atoms with Crippen LogP contribution in [-0.4, -0.2) is 28.0 Å². The van der Waals surface area contributed by atoms with E-state index < -0.39 is 47.4 Å². The summed E-state index contributed by atoms with van der Waals surface area (Å²) in [4.78, 5) is 31.9. The molecule has 0 aliphatic carbocycles. The molecule has 0 aliphatic heterocycles. The van der Waals surface area contributed by atoms with Gasteiger partial charge in [0.05, 0.1) is 12.1 Å². The Morgan fingerprint density at radius 2 is 1.78 bits per heavy atom. The molecule has 0 bridgehead atoms. The zero-order chi connectivity index (χ0) is 26.0. The van der Waals surface area contributed by atoms with E-state index in [0.717, 1.165) is 24.3 Å². The maximum absolute atomic E-state index is 15.4. The molecular formula is C26H15ClF3N3O3. The highest BCUT2D eigenvalue weighted by atomic mass is 35.5. The predicted octanol–water partition coefficient (Wildman–Crippen LogP) is 5.95. The number of aliphatic carboxylic acids is 1. The molecule has 3 aromatic carbocycles. The van der Waals surface area contributed by atoms with Gasteiger partial charge in [-0.15, -0.1) is 0 Å². The molecule has 36 heavy (non-hydrogen) atoms. The van der Waals surface area contributed by atoms with Gasteiger partial charge < -0.3 is 10.4 Å². The van der Waals surface area contributed by atoms with Gasteiger partial charge in [0.1, 0.15) is 29.1 Å². The Balaban J connectivity index is 1.76. The van der Waals surface area contributed by atoms with Crippen LogP contribution in [0.3, 0.4) is 0 Å². The highest BCUT2D eigenvalue weighted by Gasteiger charge is 2.27. The number of carbonyl (C=O) groups is 2. The molecular weight excluding hydrogens is 495 g/mol. The number of hydrogen-bond acceptors (Lipinski definition) is 3. The molecule has 0 fully saturated rings. The number of fused-ring (bicyclic) bond motifs is 1. The first-order valence-corrected chi connectivity index (χ1v) is 10.8. The Labute approximate surface area is 207 Å². The quantitative estimate of drug-likeness (QED) is 0.315. The fraction of sp³-hybridized carbons (Fsp3) is 0.0769. The molecule has 0 radical (unpaired) electrons. The van der Waals surface area contributed by atoms with Gasteiger partial charge in [0.25, 0.3) is 5.91 Å². The van der Waals surface area contributed by atoms with Crippen LogP contribution >= 0.6 is 11.6 Å². The summed E-state index contributed by atoms with van der Waals surface area (Å²) in [5, 5.41) is 12.3. The summed E-state index contributed by atoms with van der Waals surface area (Å²) in [6.45, 7) is 7.10. The number of carboxylic acids is 1. The van der Waals surface area contributed by atoms with Gasteiger partial charge in [-0.25, -0.2) is 22.8 Å². The van der Waals surface area contributed by atoms with E-state index in [2.05, 4.69) is 15.1 Å². The molecule has 10 heteroatoms. The molecule has 0 aliphatic rings. The van der Waals surface area contributed by atoms with Crippen molar-refractivity contribution in [1.82, 2.24) is 10.3 Å². The van der Waals surface area contributed by atoms with Crippen LogP contribution in [0.1, 0.15) is 15.9 Å². The van der Waals surface area contributed by atoms with Crippen molar-refractivity contribution in [3.63, 3.8) is 0 Å². The summed E-state index contributed by atoms with van der Waals surface area (Å²) in [7, 11) is 0. The standard InChI is InChI=1S/C26H15ClF3N3O3/c1-31-14-7-8-16(17(27)12-14)22-20(30)10-13(15-4-3-9-32-24(15)22)11-21(26(35)36)33-25(34)23-18(28)5-2-6-19(23)29/h2-10,12,21H,11H2,(H,33,34)(H,35,36)/t21-/m0/s1. The van der Waals surface area contributed by atoms with Crippen molar-refractivity contribution in [2.75, 3.05) is 0 Å². The van der Waals surface area contributed by atoms with Crippen LogP contribution < -0.4 is 5.32 Å². The van der Waals surface area contributed by atoms with Crippen LogP contribution in [0.15, 0.2) is 60.8 Å². The molecule has 2 N–H and O–H groups in total. The largest absolute Gasteiger partial charge is 0.480 e. The number of benzene rings is 3. The smallest absolute Gasteiger partial charge is 0.326 e. The van der Waals surface area contributed by atoms with Crippen molar-refractivity contribution in [3.05, 3.63) is 106 Å². The fourth-order valence-corrected chi connectivity index (χ4v) is 4.12. The molecule has 0 spiro atoms. The van der Waals surface area contributed by atoms with Crippen LogP contribution in [0.25, 0.3) is 26.9 Å². The molecule has 4 aromatic rings. The third-order valence-corrected chi connectivity index (χ3v) is 5.81. The van der Waals surface area contributed by atoms with Crippen molar-refractivity contribution in [1.29, 1.82) is 0 Å².